The van der Waals surface area contributed by atoms with Crippen molar-refractivity contribution in [3.05, 3.63) is 0 Å². The van der Waals surface area contributed by atoms with Crippen LogP contribution in [0.2, 0.25) is 0 Å². The Kier molecular flexibility index (Phi) is 4.83. The van der Waals surface area contributed by atoms with Crippen molar-refractivity contribution in [2.24, 2.45) is 0 Å². The van der Waals surface area contributed by atoms with Gasteiger partial charge in [-0.25, -0.2) is 9.59 Å². The van der Waals surface area contributed by atoms with Gasteiger partial charge in [0.15, 0.2) is 6.10 Å². The summed E-state index contributed by atoms with van der Waals surface area (Å²) in [6.45, 7) is 2.96. The van der Waals surface area contributed by atoms with Gasteiger partial charge in [0, 0.05) is 0 Å². The van der Waals surface area contributed by atoms with E-state index in [4.69, 9.17) is 10.2 Å². The van der Waals surface area contributed by atoms with Crippen molar-refractivity contribution in [3.63, 3.8) is 0 Å². The fraction of sp³-hybridized carbons (Fsp3) is 0.714. The zero-order chi connectivity index (χ0) is 10.4. The van der Waals surface area contributed by atoms with Gasteiger partial charge in [-0.05, 0) is 13.8 Å². The summed E-state index contributed by atoms with van der Waals surface area (Å²) in [7, 11) is 0. The monoisotopic (exact) mass is 191 g/mol. The van der Waals surface area contributed by atoms with Crippen molar-refractivity contribution >= 4 is 12.1 Å². The lowest BCUT2D eigenvalue weighted by molar-refractivity contribution is -0.146. The zero-order valence-corrected chi connectivity index (χ0v) is 7.48. The highest BCUT2D eigenvalue weighted by Gasteiger charge is 2.14. The number of amides is 1. The van der Waals surface area contributed by atoms with E-state index in [9.17, 15) is 9.59 Å². The number of ether oxygens (including phenoxy) is 1. The molecule has 1 unspecified atom stereocenters. The molecular formula is C7H13NO5. The number of aliphatic hydroxyl groups is 1. The van der Waals surface area contributed by atoms with Gasteiger partial charge in [0.25, 0.3) is 0 Å². The Labute approximate surface area is 75.5 Å². The van der Waals surface area contributed by atoms with Gasteiger partial charge in [0.1, 0.15) is 0 Å². The van der Waals surface area contributed by atoms with Crippen LogP contribution in [0, 0.1) is 0 Å². The van der Waals surface area contributed by atoms with Crippen LogP contribution in [0.15, 0.2) is 0 Å². The van der Waals surface area contributed by atoms with Gasteiger partial charge in [0.05, 0.1) is 12.6 Å². The van der Waals surface area contributed by atoms with Crippen molar-refractivity contribution < 1.29 is 24.5 Å². The van der Waals surface area contributed by atoms with Crippen LogP contribution in [0.4, 0.5) is 4.79 Å². The number of nitrogens with one attached hydrogen (secondary N) is 1. The van der Waals surface area contributed by atoms with E-state index in [1.807, 2.05) is 0 Å². The van der Waals surface area contributed by atoms with E-state index >= 15 is 0 Å². The van der Waals surface area contributed by atoms with E-state index in [0.29, 0.717) is 0 Å². The van der Waals surface area contributed by atoms with E-state index in [1.165, 1.54) is 0 Å². The fourth-order valence-electron chi connectivity index (χ4n) is 0.523. The summed E-state index contributed by atoms with van der Waals surface area (Å²) >= 11 is 0. The summed E-state index contributed by atoms with van der Waals surface area (Å²) in [5.41, 5.74) is 0. The molecule has 0 fully saturated rings. The minimum Gasteiger partial charge on any atom is -0.479 e. The number of rotatable bonds is 4. The number of hydrogen-bond acceptors (Lipinski definition) is 4. The van der Waals surface area contributed by atoms with Crippen molar-refractivity contribution in [2.45, 2.75) is 26.1 Å². The number of carbonyl (C=O) groups excluding carboxylic acids is 1. The molecule has 1 amide bonds. The van der Waals surface area contributed by atoms with E-state index in [2.05, 4.69) is 10.1 Å². The number of alkyl carbamates (subject to hydrolysis) is 1. The number of aliphatic hydroxyl groups excluding tert-OH is 1. The van der Waals surface area contributed by atoms with E-state index < -0.39 is 18.2 Å². The molecule has 3 N–H and O–H groups in total. The number of aliphatic carboxylic acids is 1. The predicted octanol–water partition coefficient (Wildman–Crippen LogP) is -0.434. The molecule has 0 saturated carbocycles. The van der Waals surface area contributed by atoms with Crippen LogP contribution < -0.4 is 5.32 Å². The van der Waals surface area contributed by atoms with Crippen LogP contribution in [0.25, 0.3) is 0 Å². The molecule has 6 nitrogen and oxygen atoms in total. The molecule has 13 heavy (non-hydrogen) atoms. The maximum absolute atomic E-state index is 10.7. The SMILES string of the molecule is CC(C)OC(=O)NCC(O)C(=O)O. The standard InChI is InChI=1S/C7H13NO5/c1-4(2)13-7(12)8-3-5(9)6(10)11/h4-5,9H,3H2,1-2H3,(H,8,12)(H,10,11). The fourth-order valence-corrected chi connectivity index (χ4v) is 0.523. The first-order valence-electron chi connectivity index (χ1n) is 3.79. The van der Waals surface area contributed by atoms with Gasteiger partial charge in [-0.15, -0.1) is 0 Å². The maximum Gasteiger partial charge on any atom is 0.407 e. The average Bonchev–Trinajstić information content (AvgIpc) is 1.98. The highest BCUT2D eigenvalue weighted by atomic mass is 16.6. The summed E-state index contributed by atoms with van der Waals surface area (Å²) in [4.78, 5) is 20.8. The maximum atomic E-state index is 10.7. The van der Waals surface area contributed by atoms with E-state index in [1.54, 1.807) is 13.8 Å². The lowest BCUT2D eigenvalue weighted by atomic mass is 10.4. The molecule has 76 valence electrons. The normalized spacial score (nSPS) is 12.3. The molecule has 0 aliphatic heterocycles. The Bertz CT molecular complexity index is 191. The van der Waals surface area contributed by atoms with Crippen LogP contribution in [-0.2, 0) is 9.53 Å². The Morgan fingerprint density at radius 1 is 1.46 bits per heavy atom. The minimum absolute atomic E-state index is 0.276. The topological polar surface area (TPSA) is 95.9 Å². The molecule has 0 aliphatic rings. The molecule has 0 bridgehead atoms. The third-order valence-corrected chi connectivity index (χ3v) is 1.07. The first-order valence-corrected chi connectivity index (χ1v) is 3.79. The molecule has 0 rings (SSSR count). The van der Waals surface area contributed by atoms with Gasteiger partial charge in [-0.3, -0.25) is 0 Å². The van der Waals surface area contributed by atoms with Crippen LogP contribution in [0.3, 0.4) is 0 Å². The highest BCUT2D eigenvalue weighted by Crippen LogP contribution is 1.88. The number of carbonyl (C=O) groups is 2. The molecule has 6 heteroatoms. The van der Waals surface area contributed by atoms with Gasteiger partial charge >= 0.3 is 12.1 Å². The first kappa shape index (κ1) is 11.7. The number of carboxylic acid groups (broad SMARTS) is 1. The molecule has 0 aliphatic carbocycles. The van der Waals surface area contributed by atoms with Crippen LogP contribution >= 0.6 is 0 Å². The number of carboxylic acids is 1. The molecule has 0 saturated heterocycles. The summed E-state index contributed by atoms with van der Waals surface area (Å²) in [6.07, 6.45) is -2.61. The van der Waals surface area contributed by atoms with Gasteiger partial charge < -0.3 is 20.3 Å². The largest absolute Gasteiger partial charge is 0.479 e. The second-order valence-electron chi connectivity index (χ2n) is 2.69. The van der Waals surface area contributed by atoms with Gasteiger partial charge in [-0.1, -0.05) is 0 Å². The summed E-state index contributed by atoms with van der Waals surface area (Å²) in [5, 5.41) is 19.1. The summed E-state index contributed by atoms with van der Waals surface area (Å²) in [5.74, 6) is -1.38. The molecule has 0 aromatic rings. The molecule has 0 aromatic carbocycles. The Hall–Kier alpha value is -1.30. The van der Waals surface area contributed by atoms with Crippen molar-refractivity contribution in [1.29, 1.82) is 0 Å². The smallest absolute Gasteiger partial charge is 0.407 e. The molecule has 1 atom stereocenters. The molecule has 0 spiro atoms. The van der Waals surface area contributed by atoms with Crippen molar-refractivity contribution in [3.8, 4) is 0 Å². The number of hydrogen-bond donors (Lipinski definition) is 3. The lowest BCUT2D eigenvalue weighted by Crippen LogP contribution is -2.37. The molecular weight excluding hydrogens is 178 g/mol. The van der Waals surface area contributed by atoms with Crippen LogP contribution in [0.1, 0.15) is 13.8 Å². The van der Waals surface area contributed by atoms with Crippen LogP contribution in [-0.4, -0.2) is 41.0 Å². The Morgan fingerprint density at radius 2 is 2.00 bits per heavy atom. The van der Waals surface area contributed by atoms with Gasteiger partial charge in [0.2, 0.25) is 0 Å². The predicted molar refractivity (Wildman–Crippen MR) is 43.3 cm³/mol. The van der Waals surface area contributed by atoms with Crippen LogP contribution in [0.5, 0.6) is 0 Å². The third kappa shape index (κ3) is 5.92. The zero-order valence-electron chi connectivity index (χ0n) is 7.48. The molecule has 0 aromatic heterocycles. The average molecular weight is 191 g/mol. The first-order chi connectivity index (χ1) is 5.93. The molecule has 0 radical (unpaired) electrons. The second kappa shape index (κ2) is 5.36. The third-order valence-electron chi connectivity index (χ3n) is 1.07. The Balaban J connectivity index is 3.64. The molecule has 0 heterocycles. The Morgan fingerprint density at radius 3 is 2.38 bits per heavy atom. The summed E-state index contributed by atoms with van der Waals surface area (Å²) < 4.78 is 4.63. The highest BCUT2D eigenvalue weighted by molar-refractivity contribution is 5.74. The lowest BCUT2D eigenvalue weighted by Gasteiger charge is -2.10. The van der Waals surface area contributed by atoms with Gasteiger partial charge in [-0.2, -0.15) is 0 Å². The van der Waals surface area contributed by atoms with E-state index in [0.717, 1.165) is 0 Å². The van der Waals surface area contributed by atoms with E-state index in [-0.39, 0.29) is 12.6 Å². The summed E-state index contributed by atoms with van der Waals surface area (Å²) in [6, 6.07) is 0. The quantitative estimate of drug-likeness (QED) is 0.560. The van der Waals surface area contributed by atoms with Crippen molar-refractivity contribution in [1.82, 2.24) is 5.32 Å². The van der Waals surface area contributed by atoms with Crippen molar-refractivity contribution in [2.75, 3.05) is 6.54 Å². The second-order valence-corrected chi connectivity index (χ2v) is 2.69. The minimum atomic E-state index is -1.60.